The lowest BCUT2D eigenvalue weighted by atomic mass is 9.97. The quantitative estimate of drug-likeness (QED) is 0.630. The number of aromatic nitrogens is 1. The van der Waals surface area contributed by atoms with Gasteiger partial charge >= 0.3 is 0 Å². The Morgan fingerprint density at radius 1 is 1.07 bits per heavy atom. The molecule has 0 saturated carbocycles. The van der Waals surface area contributed by atoms with Crippen molar-refractivity contribution in [1.82, 2.24) is 10.3 Å². The van der Waals surface area contributed by atoms with Crippen LogP contribution in [0.5, 0.6) is 5.75 Å². The van der Waals surface area contributed by atoms with Crippen LogP contribution in [-0.4, -0.2) is 16.0 Å². The molecular weight excluding hydrogens is 418 g/mol. The summed E-state index contributed by atoms with van der Waals surface area (Å²) >= 11 is 3.32. The van der Waals surface area contributed by atoms with E-state index in [9.17, 15) is 18.7 Å². The van der Waals surface area contributed by atoms with Gasteiger partial charge in [-0.15, -0.1) is 0 Å². The summed E-state index contributed by atoms with van der Waals surface area (Å²) in [7, 11) is 0. The summed E-state index contributed by atoms with van der Waals surface area (Å²) in [6, 6.07) is 11.2. The van der Waals surface area contributed by atoms with Crippen LogP contribution < -0.4 is 5.32 Å². The van der Waals surface area contributed by atoms with Crippen LogP contribution in [0.1, 0.15) is 33.4 Å². The minimum absolute atomic E-state index is 0.154. The molecule has 0 unspecified atom stereocenters. The number of phenols is 1. The van der Waals surface area contributed by atoms with Gasteiger partial charge in [0.25, 0.3) is 5.91 Å². The zero-order valence-corrected chi connectivity index (χ0v) is 15.8. The van der Waals surface area contributed by atoms with Crippen molar-refractivity contribution in [3.63, 3.8) is 0 Å². The predicted molar refractivity (Wildman–Crippen MR) is 100 cm³/mol. The minimum atomic E-state index is -0.894. The van der Waals surface area contributed by atoms with Gasteiger partial charge in [0.1, 0.15) is 23.1 Å². The molecule has 1 heterocycles. The Morgan fingerprint density at radius 3 is 2.41 bits per heavy atom. The molecule has 4 nitrogen and oxygen atoms in total. The average molecular weight is 433 g/mol. The summed E-state index contributed by atoms with van der Waals surface area (Å²) in [5.74, 6) is -1.72. The number of carbonyl (C=O) groups is 1. The second kappa shape index (κ2) is 7.84. The minimum Gasteiger partial charge on any atom is -0.508 e. The molecule has 27 heavy (non-hydrogen) atoms. The standard InChI is InChI=1S/C20H15BrF2N2O2/c1-11-8-13(21)9-17(24-11)20(27)25-19(12-2-4-14(22)5-3-12)16-10-15(23)6-7-18(16)26/h2-10,19,26H,1H3,(H,25,27)/t19-/m0/s1. The van der Waals surface area contributed by atoms with Gasteiger partial charge in [0.15, 0.2) is 0 Å². The van der Waals surface area contributed by atoms with E-state index in [1.54, 1.807) is 19.1 Å². The van der Waals surface area contributed by atoms with Crippen LogP contribution in [0.25, 0.3) is 0 Å². The number of nitrogens with one attached hydrogen (secondary N) is 1. The third-order valence-electron chi connectivity index (χ3n) is 3.93. The Balaban J connectivity index is 2.03. The van der Waals surface area contributed by atoms with E-state index in [-0.39, 0.29) is 17.0 Å². The zero-order chi connectivity index (χ0) is 19.6. The number of aryl methyl sites for hydroxylation is 1. The highest BCUT2D eigenvalue weighted by atomic mass is 79.9. The highest BCUT2D eigenvalue weighted by Crippen LogP contribution is 2.30. The maximum absolute atomic E-state index is 13.8. The number of amides is 1. The van der Waals surface area contributed by atoms with Crippen molar-refractivity contribution in [2.24, 2.45) is 0 Å². The van der Waals surface area contributed by atoms with E-state index in [0.717, 1.165) is 12.1 Å². The van der Waals surface area contributed by atoms with E-state index >= 15 is 0 Å². The zero-order valence-electron chi connectivity index (χ0n) is 14.2. The van der Waals surface area contributed by atoms with Gasteiger partial charge in [0.2, 0.25) is 0 Å². The van der Waals surface area contributed by atoms with Gasteiger partial charge < -0.3 is 10.4 Å². The number of rotatable bonds is 4. The first-order valence-electron chi connectivity index (χ1n) is 8.02. The number of nitrogens with zero attached hydrogens (tertiary/aromatic N) is 1. The number of aromatic hydroxyl groups is 1. The summed E-state index contributed by atoms with van der Waals surface area (Å²) in [6.45, 7) is 1.75. The molecule has 7 heteroatoms. The third kappa shape index (κ3) is 4.49. The first-order valence-corrected chi connectivity index (χ1v) is 8.82. The molecular formula is C20H15BrF2N2O2. The molecule has 1 amide bonds. The molecule has 0 bridgehead atoms. The Bertz CT molecular complexity index is 974. The number of hydrogen-bond donors (Lipinski definition) is 2. The van der Waals surface area contributed by atoms with E-state index in [1.807, 2.05) is 0 Å². The number of pyridine rings is 1. The van der Waals surface area contributed by atoms with Crippen molar-refractivity contribution >= 4 is 21.8 Å². The van der Waals surface area contributed by atoms with Crippen molar-refractivity contribution in [2.75, 3.05) is 0 Å². The summed E-state index contributed by atoms with van der Waals surface area (Å²) < 4.78 is 27.7. The number of halogens is 3. The number of benzene rings is 2. The van der Waals surface area contributed by atoms with E-state index in [0.29, 0.717) is 15.7 Å². The third-order valence-corrected chi connectivity index (χ3v) is 4.39. The van der Waals surface area contributed by atoms with Gasteiger partial charge in [0, 0.05) is 15.7 Å². The molecule has 2 aromatic carbocycles. The Kier molecular flexibility index (Phi) is 5.51. The highest BCUT2D eigenvalue weighted by molar-refractivity contribution is 9.10. The predicted octanol–water partition coefficient (Wildman–Crippen LogP) is 4.66. The molecule has 0 radical (unpaired) electrons. The fraction of sp³-hybridized carbons (Fsp3) is 0.100. The van der Waals surface area contributed by atoms with Crippen LogP contribution in [0.15, 0.2) is 59.1 Å². The molecule has 138 valence electrons. The van der Waals surface area contributed by atoms with Crippen LogP contribution in [0.2, 0.25) is 0 Å². The Hall–Kier alpha value is -2.80. The van der Waals surface area contributed by atoms with Crippen LogP contribution in [0.3, 0.4) is 0 Å². The van der Waals surface area contributed by atoms with E-state index in [4.69, 9.17) is 0 Å². The Labute approximate surface area is 163 Å². The summed E-state index contributed by atoms with van der Waals surface area (Å²) in [6.07, 6.45) is 0. The SMILES string of the molecule is Cc1cc(Br)cc(C(=O)N[C@@H](c2ccc(F)cc2)c2cc(F)ccc2O)n1. The van der Waals surface area contributed by atoms with Crippen LogP contribution in [0, 0.1) is 18.6 Å². The summed E-state index contributed by atoms with van der Waals surface area (Å²) in [4.78, 5) is 16.9. The van der Waals surface area contributed by atoms with Gasteiger partial charge in [-0.25, -0.2) is 13.8 Å². The van der Waals surface area contributed by atoms with E-state index in [1.165, 1.54) is 30.3 Å². The van der Waals surface area contributed by atoms with Gasteiger partial charge in [0.05, 0.1) is 6.04 Å². The van der Waals surface area contributed by atoms with Gasteiger partial charge in [-0.3, -0.25) is 4.79 Å². The molecule has 0 aliphatic carbocycles. The lowest BCUT2D eigenvalue weighted by molar-refractivity contribution is 0.0937. The summed E-state index contributed by atoms with van der Waals surface area (Å²) in [5, 5.41) is 12.9. The first-order chi connectivity index (χ1) is 12.8. The van der Waals surface area contributed by atoms with Crippen molar-refractivity contribution in [3.05, 3.63) is 93.2 Å². The number of phenolic OH excluding ortho intramolecular Hbond substituents is 1. The van der Waals surface area contributed by atoms with Crippen LogP contribution >= 0.6 is 15.9 Å². The second-order valence-electron chi connectivity index (χ2n) is 5.97. The van der Waals surface area contributed by atoms with Crippen LogP contribution in [0.4, 0.5) is 8.78 Å². The van der Waals surface area contributed by atoms with Gasteiger partial charge in [-0.05, 0) is 55.0 Å². The second-order valence-corrected chi connectivity index (χ2v) is 6.89. The molecule has 3 aromatic rings. The molecule has 0 aliphatic rings. The van der Waals surface area contributed by atoms with Crippen molar-refractivity contribution in [2.45, 2.75) is 13.0 Å². The molecule has 3 rings (SSSR count). The smallest absolute Gasteiger partial charge is 0.270 e. The molecule has 0 spiro atoms. The van der Waals surface area contributed by atoms with Gasteiger partial charge in [-0.1, -0.05) is 28.1 Å². The maximum atomic E-state index is 13.8. The normalized spacial score (nSPS) is 11.9. The fourth-order valence-electron chi connectivity index (χ4n) is 2.70. The topological polar surface area (TPSA) is 62.2 Å². The lowest BCUT2D eigenvalue weighted by Gasteiger charge is -2.21. The average Bonchev–Trinajstić information content (AvgIpc) is 2.62. The summed E-state index contributed by atoms with van der Waals surface area (Å²) in [5.41, 5.74) is 1.44. The van der Waals surface area contributed by atoms with Crippen molar-refractivity contribution < 1.29 is 18.7 Å². The molecule has 2 N–H and O–H groups in total. The van der Waals surface area contributed by atoms with Crippen LogP contribution in [-0.2, 0) is 0 Å². The van der Waals surface area contributed by atoms with Crippen molar-refractivity contribution in [1.29, 1.82) is 0 Å². The molecule has 0 aliphatic heterocycles. The van der Waals surface area contributed by atoms with Crippen molar-refractivity contribution in [3.8, 4) is 5.75 Å². The fourth-order valence-corrected chi connectivity index (χ4v) is 3.25. The monoisotopic (exact) mass is 432 g/mol. The molecule has 0 fully saturated rings. The molecule has 1 atom stereocenters. The molecule has 0 saturated heterocycles. The largest absolute Gasteiger partial charge is 0.508 e. The highest BCUT2D eigenvalue weighted by Gasteiger charge is 2.22. The number of carbonyl (C=O) groups excluding carboxylic acids is 1. The van der Waals surface area contributed by atoms with E-state index < -0.39 is 23.6 Å². The first kappa shape index (κ1) is 19.0. The maximum Gasteiger partial charge on any atom is 0.270 e. The molecule has 1 aromatic heterocycles. The van der Waals surface area contributed by atoms with Gasteiger partial charge in [-0.2, -0.15) is 0 Å². The number of hydrogen-bond acceptors (Lipinski definition) is 3. The lowest BCUT2D eigenvalue weighted by Crippen LogP contribution is -2.30. The Morgan fingerprint density at radius 2 is 1.74 bits per heavy atom. The van der Waals surface area contributed by atoms with E-state index in [2.05, 4.69) is 26.2 Å².